The minimum absolute atomic E-state index is 0.190. The number of carboxylic acid groups (broad SMARTS) is 2. The molecule has 0 saturated heterocycles. The monoisotopic (exact) mass is 209 g/mol. The first-order valence-corrected chi connectivity index (χ1v) is 3.92. The predicted molar refractivity (Wildman–Crippen MR) is 54.7 cm³/mol. The maximum atomic E-state index is 10.5. The molecule has 1 aromatic rings. The van der Waals surface area contributed by atoms with E-state index in [4.69, 9.17) is 10.2 Å². The van der Waals surface area contributed by atoms with Crippen molar-refractivity contribution in [2.45, 2.75) is 0 Å². The quantitative estimate of drug-likeness (QED) is 0.678. The van der Waals surface area contributed by atoms with Gasteiger partial charge in [0.15, 0.2) is 0 Å². The molecule has 4 N–H and O–H groups in total. The Balaban J connectivity index is 0.000000583. The van der Waals surface area contributed by atoms with Gasteiger partial charge in [-0.15, -0.1) is 0 Å². The molecular formula is C10H11NO4. The Morgan fingerprint density at radius 3 is 1.60 bits per heavy atom. The Labute approximate surface area is 86.5 Å². The van der Waals surface area contributed by atoms with Crippen LogP contribution in [0.1, 0.15) is 20.7 Å². The van der Waals surface area contributed by atoms with Gasteiger partial charge in [0.05, 0.1) is 11.1 Å². The predicted octanol–water partition coefficient (Wildman–Crippen LogP) is 1.17. The van der Waals surface area contributed by atoms with Crippen molar-refractivity contribution in [3.63, 3.8) is 0 Å². The minimum atomic E-state index is -1.23. The van der Waals surface area contributed by atoms with Crippen LogP contribution in [0.15, 0.2) is 37.0 Å². The van der Waals surface area contributed by atoms with Crippen LogP contribution in [0, 0.1) is 0 Å². The van der Waals surface area contributed by atoms with Crippen LogP contribution in [-0.4, -0.2) is 22.2 Å². The molecule has 0 heterocycles. The van der Waals surface area contributed by atoms with Crippen molar-refractivity contribution in [2.24, 2.45) is 5.73 Å². The summed E-state index contributed by atoms with van der Waals surface area (Å²) in [7, 11) is 0. The van der Waals surface area contributed by atoms with Crippen LogP contribution in [0.5, 0.6) is 0 Å². The van der Waals surface area contributed by atoms with Gasteiger partial charge in [-0.05, 0) is 18.3 Å². The van der Waals surface area contributed by atoms with Gasteiger partial charge in [-0.2, -0.15) is 0 Å². The second kappa shape index (κ2) is 6.20. The molecule has 0 fully saturated rings. The smallest absolute Gasteiger partial charge is 0.336 e. The molecule has 0 saturated carbocycles. The number of nitrogens with two attached hydrogens (primary N) is 1. The molecule has 0 radical (unpaired) electrons. The number of carboxylic acids is 2. The number of hydrogen-bond acceptors (Lipinski definition) is 3. The summed E-state index contributed by atoms with van der Waals surface area (Å²) in [5.74, 6) is -2.46. The largest absolute Gasteiger partial charge is 0.478 e. The minimum Gasteiger partial charge on any atom is -0.478 e. The highest BCUT2D eigenvalue weighted by Gasteiger charge is 2.13. The van der Waals surface area contributed by atoms with Gasteiger partial charge in [0, 0.05) is 0 Å². The fraction of sp³-hybridized carbons (Fsp3) is 0. The first kappa shape index (κ1) is 12.7. The third-order valence-electron chi connectivity index (χ3n) is 1.39. The molecule has 0 aliphatic rings. The fourth-order valence-electron chi connectivity index (χ4n) is 0.856. The van der Waals surface area contributed by atoms with Crippen LogP contribution < -0.4 is 5.73 Å². The topological polar surface area (TPSA) is 101 Å². The molecule has 15 heavy (non-hydrogen) atoms. The zero-order valence-corrected chi connectivity index (χ0v) is 7.88. The third kappa shape index (κ3) is 3.95. The van der Waals surface area contributed by atoms with Gasteiger partial charge in [-0.25, -0.2) is 9.59 Å². The SMILES string of the molecule is C=CN.O=C(O)c1ccccc1C(=O)O. The van der Waals surface area contributed by atoms with Gasteiger partial charge >= 0.3 is 11.9 Å². The maximum absolute atomic E-state index is 10.5. The summed E-state index contributed by atoms with van der Waals surface area (Å²) in [4.78, 5) is 20.9. The van der Waals surface area contributed by atoms with Gasteiger partial charge in [-0.3, -0.25) is 0 Å². The summed E-state index contributed by atoms with van der Waals surface area (Å²) in [5, 5.41) is 17.1. The summed E-state index contributed by atoms with van der Waals surface area (Å²) in [5.41, 5.74) is 4.23. The Kier molecular flexibility index (Phi) is 5.25. The number of benzene rings is 1. The van der Waals surface area contributed by atoms with E-state index < -0.39 is 11.9 Å². The van der Waals surface area contributed by atoms with Gasteiger partial charge in [0.1, 0.15) is 0 Å². The van der Waals surface area contributed by atoms with Gasteiger partial charge in [0.2, 0.25) is 0 Å². The van der Waals surface area contributed by atoms with E-state index >= 15 is 0 Å². The molecule has 0 amide bonds. The van der Waals surface area contributed by atoms with Crippen molar-refractivity contribution in [1.29, 1.82) is 0 Å². The van der Waals surface area contributed by atoms with Crippen molar-refractivity contribution in [2.75, 3.05) is 0 Å². The number of hydrogen-bond donors (Lipinski definition) is 3. The molecule has 0 aliphatic carbocycles. The van der Waals surface area contributed by atoms with E-state index in [-0.39, 0.29) is 11.1 Å². The highest BCUT2D eigenvalue weighted by Crippen LogP contribution is 2.07. The molecule has 0 unspecified atom stereocenters. The number of rotatable bonds is 2. The Bertz CT molecular complexity index is 340. The van der Waals surface area contributed by atoms with E-state index in [9.17, 15) is 9.59 Å². The van der Waals surface area contributed by atoms with Crippen LogP contribution in [0.2, 0.25) is 0 Å². The molecule has 0 aromatic heterocycles. The van der Waals surface area contributed by atoms with E-state index in [1.807, 2.05) is 0 Å². The normalized spacial score (nSPS) is 8.27. The van der Waals surface area contributed by atoms with Gasteiger partial charge in [0.25, 0.3) is 0 Å². The summed E-state index contributed by atoms with van der Waals surface area (Å²) in [6.45, 7) is 3.14. The Morgan fingerprint density at radius 1 is 1.13 bits per heavy atom. The van der Waals surface area contributed by atoms with Crippen LogP contribution in [0.3, 0.4) is 0 Å². The zero-order valence-electron chi connectivity index (χ0n) is 7.88. The first-order chi connectivity index (χ1) is 7.04. The summed E-state index contributed by atoms with van der Waals surface area (Å²) >= 11 is 0. The molecular weight excluding hydrogens is 198 g/mol. The molecule has 5 heteroatoms. The van der Waals surface area contributed by atoms with E-state index in [0.717, 1.165) is 0 Å². The van der Waals surface area contributed by atoms with Crippen LogP contribution in [0.25, 0.3) is 0 Å². The first-order valence-electron chi connectivity index (χ1n) is 3.92. The lowest BCUT2D eigenvalue weighted by atomic mass is 10.1. The molecule has 5 nitrogen and oxygen atoms in total. The van der Waals surface area contributed by atoms with Crippen LogP contribution in [0.4, 0.5) is 0 Å². The lowest BCUT2D eigenvalue weighted by Crippen LogP contribution is -2.06. The van der Waals surface area contributed by atoms with Gasteiger partial charge in [-0.1, -0.05) is 18.7 Å². The van der Waals surface area contributed by atoms with Crippen molar-refractivity contribution in [1.82, 2.24) is 0 Å². The Hall–Kier alpha value is -2.30. The Morgan fingerprint density at radius 2 is 1.40 bits per heavy atom. The highest BCUT2D eigenvalue weighted by atomic mass is 16.4. The average Bonchev–Trinajstić information content (AvgIpc) is 2.19. The van der Waals surface area contributed by atoms with Crippen molar-refractivity contribution in [3.05, 3.63) is 48.2 Å². The second-order valence-corrected chi connectivity index (χ2v) is 2.39. The average molecular weight is 209 g/mol. The van der Waals surface area contributed by atoms with E-state index in [2.05, 4.69) is 12.3 Å². The van der Waals surface area contributed by atoms with E-state index in [1.165, 1.54) is 30.5 Å². The highest BCUT2D eigenvalue weighted by molar-refractivity contribution is 6.01. The van der Waals surface area contributed by atoms with E-state index in [1.54, 1.807) is 0 Å². The summed E-state index contributed by atoms with van der Waals surface area (Å²) < 4.78 is 0. The molecule has 1 rings (SSSR count). The standard InChI is InChI=1S/C8H6O4.C2H5N/c9-7(10)5-3-1-2-4-6(5)8(11)12;1-2-3/h1-4H,(H,9,10)(H,11,12);2H,1,3H2. The van der Waals surface area contributed by atoms with Crippen LogP contribution >= 0.6 is 0 Å². The molecule has 0 spiro atoms. The fourth-order valence-corrected chi connectivity index (χ4v) is 0.856. The van der Waals surface area contributed by atoms with Crippen molar-refractivity contribution in [3.8, 4) is 0 Å². The molecule has 0 atom stereocenters. The molecule has 80 valence electrons. The van der Waals surface area contributed by atoms with E-state index in [0.29, 0.717) is 0 Å². The van der Waals surface area contributed by atoms with Gasteiger partial charge < -0.3 is 15.9 Å². The van der Waals surface area contributed by atoms with Crippen molar-refractivity contribution >= 4 is 11.9 Å². The summed E-state index contributed by atoms with van der Waals surface area (Å²) in [6.07, 6.45) is 1.25. The van der Waals surface area contributed by atoms with Crippen molar-refractivity contribution < 1.29 is 19.8 Å². The molecule has 1 aromatic carbocycles. The number of carbonyl (C=O) groups is 2. The maximum Gasteiger partial charge on any atom is 0.336 e. The lowest BCUT2D eigenvalue weighted by molar-refractivity contribution is 0.0651. The molecule has 0 aliphatic heterocycles. The number of aromatic carboxylic acids is 2. The zero-order chi connectivity index (χ0) is 11.8. The second-order valence-electron chi connectivity index (χ2n) is 2.39. The lowest BCUT2D eigenvalue weighted by Gasteiger charge is -1.98. The summed E-state index contributed by atoms with van der Waals surface area (Å²) in [6, 6.07) is 5.48. The molecule has 0 bridgehead atoms. The van der Waals surface area contributed by atoms with Crippen LogP contribution in [-0.2, 0) is 0 Å². The third-order valence-corrected chi connectivity index (χ3v) is 1.39.